The Morgan fingerprint density at radius 2 is 1.40 bits per heavy atom. The summed E-state index contributed by atoms with van der Waals surface area (Å²) in [6.45, 7) is 0. The maximum Gasteiger partial charge on any atom is 0.120 e. The number of benzene rings is 6. The van der Waals surface area contributed by atoms with Crippen LogP contribution in [0.2, 0.25) is 17.3 Å². The molecule has 0 N–H and O–H groups in total. The Balaban J connectivity index is 0.000000149. The molecule has 1 aliphatic rings. The fraction of sp³-hybridized carbons (Fsp3) is 0.0870. The number of fused-ring (bicyclic) bond motifs is 7. The van der Waals surface area contributed by atoms with E-state index in [1.54, 1.807) is 0 Å². The van der Waals surface area contributed by atoms with Gasteiger partial charge in [0.25, 0.3) is 0 Å². The molecule has 0 amide bonds. The molecule has 3 aromatic heterocycles. The normalized spacial score (nSPS) is 11.9. The first-order valence-corrected chi connectivity index (χ1v) is 24.7. The van der Waals surface area contributed by atoms with Crippen molar-refractivity contribution in [3.8, 4) is 39.5 Å². The quantitative estimate of drug-likeness (QED) is 0.131. The molecule has 255 valence electrons. The third-order valence-electron chi connectivity index (χ3n) is 9.80. The van der Waals surface area contributed by atoms with Gasteiger partial charge in [0.05, 0.1) is 22.4 Å². The molecule has 1 radical (unpaired) electrons. The maximum atomic E-state index is 6.24. The summed E-state index contributed by atoms with van der Waals surface area (Å²) in [4.78, 5) is 9.72. The molecule has 0 bridgehead atoms. The number of nitrogens with zero attached hydrogens (tertiary/aromatic N) is 3. The topological polar surface area (TPSA) is 43.9 Å². The van der Waals surface area contributed by atoms with Gasteiger partial charge in [-0.2, -0.15) is 0 Å². The Bertz CT molecular complexity index is 2710. The van der Waals surface area contributed by atoms with Crippen LogP contribution in [0.25, 0.3) is 72.4 Å². The minimum atomic E-state index is -1.80. The van der Waals surface area contributed by atoms with Gasteiger partial charge in [-0.15, -0.1) is 18.2 Å². The maximum absolute atomic E-state index is 6.24. The van der Waals surface area contributed by atoms with E-state index < -0.39 is 13.3 Å². The number of hydrogen-bond acceptors (Lipinski definition) is 3. The Morgan fingerprint density at radius 1 is 0.673 bits per heavy atom. The van der Waals surface area contributed by atoms with Gasteiger partial charge in [-0.25, -0.2) is 0 Å². The van der Waals surface area contributed by atoms with Crippen molar-refractivity contribution in [1.82, 2.24) is 14.5 Å². The van der Waals surface area contributed by atoms with Crippen LogP contribution in [0.5, 0.6) is 0 Å². The third-order valence-corrected chi connectivity index (χ3v) is 14.1. The molecule has 3 heterocycles. The second kappa shape index (κ2) is 13.8. The van der Waals surface area contributed by atoms with E-state index in [9.17, 15) is 0 Å². The van der Waals surface area contributed by atoms with Crippen molar-refractivity contribution in [2.75, 3.05) is 0 Å². The van der Waals surface area contributed by atoms with Gasteiger partial charge in [0.15, 0.2) is 0 Å². The minimum Gasteiger partial charge on any atom is -0.501 e. The average Bonchev–Trinajstić information content (AvgIpc) is 3.87. The molecule has 0 fully saturated rings. The number of imidazole rings is 1. The van der Waals surface area contributed by atoms with Crippen molar-refractivity contribution in [2.45, 2.75) is 23.7 Å². The minimum absolute atomic E-state index is 0. The molecule has 1 aliphatic carbocycles. The van der Waals surface area contributed by atoms with Crippen LogP contribution in [-0.2, 0) is 26.5 Å². The van der Waals surface area contributed by atoms with Crippen molar-refractivity contribution >= 4 is 50.6 Å². The van der Waals surface area contributed by atoms with Crippen molar-refractivity contribution in [3.63, 3.8) is 0 Å². The number of hydrogen-bond donors (Lipinski definition) is 0. The molecular formula is C46H35GeIrN3O-2. The fourth-order valence-corrected chi connectivity index (χ4v) is 9.37. The van der Waals surface area contributed by atoms with Crippen molar-refractivity contribution in [1.29, 1.82) is 0 Å². The first-order chi connectivity index (χ1) is 24.9. The predicted octanol–water partition coefficient (Wildman–Crippen LogP) is 11.1. The summed E-state index contributed by atoms with van der Waals surface area (Å²) >= 11 is -1.80. The largest absolute Gasteiger partial charge is 0.501 e. The Hall–Kier alpha value is -5.07. The molecule has 4 nitrogen and oxygen atoms in total. The van der Waals surface area contributed by atoms with Gasteiger partial charge in [0, 0.05) is 31.2 Å². The molecule has 0 spiro atoms. The number of para-hydroxylation sites is 4. The Labute approximate surface area is 319 Å². The monoisotopic (exact) mass is 912 g/mol. The van der Waals surface area contributed by atoms with E-state index in [4.69, 9.17) is 14.4 Å². The van der Waals surface area contributed by atoms with Crippen molar-refractivity contribution < 1.29 is 24.5 Å². The number of furan rings is 1. The summed E-state index contributed by atoms with van der Waals surface area (Å²) in [6, 6.07) is 54.8. The van der Waals surface area contributed by atoms with E-state index in [0.29, 0.717) is 0 Å². The van der Waals surface area contributed by atoms with Crippen LogP contribution in [0.4, 0.5) is 0 Å². The predicted molar refractivity (Wildman–Crippen MR) is 212 cm³/mol. The summed E-state index contributed by atoms with van der Waals surface area (Å²) in [5.74, 6) is 8.04. The zero-order valence-electron chi connectivity index (χ0n) is 29.1. The molecule has 0 saturated heterocycles. The van der Waals surface area contributed by atoms with Crippen LogP contribution < -0.4 is 4.40 Å². The van der Waals surface area contributed by atoms with Crippen LogP contribution in [0.3, 0.4) is 0 Å². The SMILES string of the molecule is [CH3][Ge]([CH3])([CH3])[c]1ccc(-c2[c-]ccc3c2Cc2ccccc2-3)nc1.[Ir].[c-]1ccc2c(oc3ccccc32)c1-c1nc2ccccc2n1-c1ccccc1. The second-order valence-corrected chi connectivity index (χ2v) is 24.7. The van der Waals surface area contributed by atoms with Crippen LogP contribution >= 0.6 is 0 Å². The zero-order chi connectivity index (χ0) is 34.5. The summed E-state index contributed by atoms with van der Waals surface area (Å²) in [6.07, 6.45) is 3.07. The van der Waals surface area contributed by atoms with Crippen molar-refractivity contribution in [2.24, 2.45) is 0 Å². The number of rotatable bonds is 4. The van der Waals surface area contributed by atoms with E-state index in [0.717, 1.165) is 67.7 Å². The van der Waals surface area contributed by atoms with Gasteiger partial charge in [-0.1, -0.05) is 59.5 Å². The van der Waals surface area contributed by atoms with Gasteiger partial charge in [-0.3, -0.25) is 4.98 Å². The molecule has 52 heavy (non-hydrogen) atoms. The first-order valence-electron chi connectivity index (χ1n) is 17.4. The number of aromatic nitrogens is 3. The smallest absolute Gasteiger partial charge is 0.120 e. The molecule has 0 aliphatic heterocycles. The standard InChI is InChI=1S/C25H15N2O.C21H20GeN.Ir/c1-2-9-17(10-3-1)27-22-15-6-5-14-21(22)26-25(27)20-13-8-12-19-18-11-4-7-16-23(18)28-24(19)20;1-22(2,3)16-11-12-21(23-14-16)19-10-6-9-18-17-8-5-4-7-15(17)13-20(18)19;/h1-12,14-16H;4-9,11-12,14H,13H2,1-3H3;/q2*-1;. The summed E-state index contributed by atoms with van der Waals surface area (Å²) in [5.41, 5.74) is 13.3. The molecule has 10 rings (SSSR count). The molecule has 6 heteroatoms. The molecule has 0 unspecified atom stereocenters. The number of pyridine rings is 1. The van der Waals surface area contributed by atoms with Crippen LogP contribution in [0.1, 0.15) is 11.1 Å². The Morgan fingerprint density at radius 3 is 2.23 bits per heavy atom. The van der Waals surface area contributed by atoms with E-state index in [1.807, 2.05) is 66.7 Å². The van der Waals surface area contributed by atoms with Gasteiger partial charge < -0.3 is 8.98 Å². The van der Waals surface area contributed by atoms with E-state index in [2.05, 4.69) is 113 Å². The van der Waals surface area contributed by atoms with Gasteiger partial charge in [-0.05, 0) is 30.3 Å². The van der Waals surface area contributed by atoms with Crippen molar-refractivity contribution in [3.05, 3.63) is 169 Å². The summed E-state index contributed by atoms with van der Waals surface area (Å²) in [7, 11) is 0. The molecular weight excluding hydrogens is 875 g/mol. The average molecular weight is 911 g/mol. The third kappa shape index (κ3) is 6.03. The van der Waals surface area contributed by atoms with E-state index in [-0.39, 0.29) is 20.1 Å². The van der Waals surface area contributed by atoms with Crippen LogP contribution in [-0.4, -0.2) is 27.8 Å². The molecule has 6 aromatic carbocycles. The van der Waals surface area contributed by atoms with E-state index >= 15 is 0 Å². The summed E-state index contributed by atoms with van der Waals surface area (Å²) in [5, 5.41) is 2.19. The molecule has 0 saturated carbocycles. The Kier molecular flexibility index (Phi) is 9.04. The fourth-order valence-electron chi connectivity index (χ4n) is 7.20. The van der Waals surface area contributed by atoms with Gasteiger partial charge in [0.2, 0.25) is 0 Å². The van der Waals surface area contributed by atoms with Crippen LogP contribution in [0, 0.1) is 12.1 Å². The first kappa shape index (κ1) is 34.0. The van der Waals surface area contributed by atoms with Gasteiger partial charge >= 0.3 is 141 Å². The van der Waals surface area contributed by atoms with Crippen LogP contribution in [0.15, 0.2) is 150 Å². The molecule has 0 atom stereocenters. The zero-order valence-corrected chi connectivity index (χ0v) is 33.6. The second-order valence-electron chi connectivity index (χ2n) is 14.0. The van der Waals surface area contributed by atoms with E-state index in [1.165, 1.54) is 26.6 Å². The van der Waals surface area contributed by atoms with Gasteiger partial charge in [0.1, 0.15) is 5.58 Å². The molecule has 9 aromatic rings. The summed E-state index contributed by atoms with van der Waals surface area (Å²) < 4.78 is 9.86.